The van der Waals surface area contributed by atoms with E-state index < -0.39 is 0 Å². The molecule has 0 aliphatic carbocycles. The van der Waals surface area contributed by atoms with Crippen LogP contribution in [0, 0.1) is 0 Å². The predicted octanol–water partition coefficient (Wildman–Crippen LogP) is 2.64. The van der Waals surface area contributed by atoms with Crippen molar-refractivity contribution in [1.82, 2.24) is 9.88 Å². The number of para-hydroxylation sites is 1. The quantitative estimate of drug-likeness (QED) is 0.788. The molecule has 0 atom stereocenters. The highest BCUT2D eigenvalue weighted by Crippen LogP contribution is 2.23. The molecule has 1 saturated heterocycles. The number of amides is 1. The molecule has 0 unspecified atom stereocenters. The lowest BCUT2D eigenvalue weighted by atomic mass is 10.1. The fraction of sp³-hybridized carbons (Fsp3) is 0.368. The number of hydrogen-bond acceptors (Lipinski definition) is 5. The van der Waals surface area contributed by atoms with E-state index in [2.05, 4.69) is 27.3 Å². The van der Waals surface area contributed by atoms with Crippen molar-refractivity contribution < 1.29 is 9.53 Å². The molecule has 1 fully saturated rings. The van der Waals surface area contributed by atoms with Crippen LogP contribution in [-0.4, -0.2) is 55.7 Å². The molecule has 1 N–H and O–H groups in total. The minimum Gasteiger partial charge on any atom is -0.378 e. The topological polar surface area (TPSA) is 57.7 Å². The third-order valence-corrected chi connectivity index (χ3v) is 4.53. The Hall–Kier alpha value is -2.15. The van der Waals surface area contributed by atoms with Gasteiger partial charge in [0.1, 0.15) is 0 Å². The van der Waals surface area contributed by atoms with Crippen LogP contribution in [-0.2, 0) is 16.1 Å². The average molecular weight is 375 g/mol. The summed E-state index contributed by atoms with van der Waals surface area (Å²) in [6.45, 7) is 4.22. The number of rotatable bonds is 6. The summed E-state index contributed by atoms with van der Waals surface area (Å²) in [5.74, 6) is -0.119. The first-order valence-electron chi connectivity index (χ1n) is 8.63. The molecule has 7 heteroatoms. The highest BCUT2D eigenvalue weighted by Gasteiger charge is 2.16. The number of carbonyl (C=O) groups is 1. The number of hydrogen-bond donors (Lipinski definition) is 1. The van der Waals surface area contributed by atoms with Gasteiger partial charge in [-0.3, -0.25) is 9.69 Å². The first kappa shape index (κ1) is 18.6. The summed E-state index contributed by atoms with van der Waals surface area (Å²) in [6, 6.07) is 11.8. The van der Waals surface area contributed by atoms with E-state index in [1.165, 1.54) is 11.3 Å². The van der Waals surface area contributed by atoms with Gasteiger partial charge in [-0.1, -0.05) is 29.8 Å². The molecule has 0 saturated carbocycles. The summed E-state index contributed by atoms with van der Waals surface area (Å²) in [4.78, 5) is 20.6. The van der Waals surface area contributed by atoms with Gasteiger partial charge < -0.3 is 15.0 Å². The van der Waals surface area contributed by atoms with Crippen molar-refractivity contribution in [3.05, 3.63) is 53.3 Å². The van der Waals surface area contributed by atoms with Crippen LogP contribution in [0.1, 0.15) is 5.56 Å². The van der Waals surface area contributed by atoms with E-state index >= 15 is 0 Å². The number of carbonyl (C=O) groups excluding carboxylic acids is 1. The highest BCUT2D eigenvalue weighted by atomic mass is 35.5. The van der Waals surface area contributed by atoms with Crippen LogP contribution in [0.3, 0.4) is 0 Å². The number of nitrogens with one attached hydrogen (secondary N) is 1. The van der Waals surface area contributed by atoms with Gasteiger partial charge in [-0.25, -0.2) is 4.98 Å². The van der Waals surface area contributed by atoms with Gasteiger partial charge in [0, 0.05) is 31.5 Å². The fourth-order valence-corrected chi connectivity index (χ4v) is 3.18. The molecule has 26 heavy (non-hydrogen) atoms. The van der Waals surface area contributed by atoms with Gasteiger partial charge in [-0.05, 0) is 30.8 Å². The molecule has 6 nitrogen and oxygen atoms in total. The highest BCUT2D eigenvalue weighted by molar-refractivity contribution is 6.32. The van der Waals surface area contributed by atoms with E-state index in [-0.39, 0.29) is 12.5 Å². The Labute approximate surface area is 158 Å². The molecule has 0 radical (unpaired) electrons. The Bertz CT molecular complexity index is 750. The van der Waals surface area contributed by atoms with Crippen LogP contribution in [0.5, 0.6) is 0 Å². The Morgan fingerprint density at radius 2 is 2.04 bits per heavy atom. The zero-order valence-electron chi connectivity index (χ0n) is 14.8. The van der Waals surface area contributed by atoms with Crippen molar-refractivity contribution in [3.63, 3.8) is 0 Å². The summed E-state index contributed by atoms with van der Waals surface area (Å²) in [7, 11) is 1.93. The van der Waals surface area contributed by atoms with Crippen molar-refractivity contribution in [2.24, 2.45) is 0 Å². The third kappa shape index (κ3) is 4.94. The maximum atomic E-state index is 12.3. The number of halogens is 1. The monoisotopic (exact) mass is 374 g/mol. The average Bonchev–Trinajstić information content (AvgIpc) is 2.64. The predicted molar refractivity (Wildman–Crippen MR) is 104 cm³/mol. The zero-order chi connectivity index (χ0) is 18.4. The van der Waals surface area contributed by atoms with Gasteiger partial charge in [0.2, 0.25) is 5.91 Å². The molecule has 0 spiro atoms. The lowest BCUT2D eigenvalue weighted by Gasteiger charge is -2.31. The van der Waals surface area contributed by atoms with Gasteiger partial charge >= 0.3 is 0 Å². The fourth-order valence-electron chi connectivity index (χ4n) is 3.02. The lowest BCUT2D eigenvalue weighted by Crippen LogP contribution is -2.37. The number of benzene rings is 1. The van der Waals surface area contributed by atoms with Crippen LogP contribution in [0.15, 0.2) is 42.6 Å². The Morgan fingerprint density at radius 1 is 1.27 bits per heavy atom. The van der Waals surface area contributed by atoms with E-state index in [0.717, 1.165) is 26.3 Å². The van der Waals surface area contributed by atoms with Crippen LogP contribution in [0.25, 0.3) is 0 Å². The Balaban J connectivity index is 1.60. The van der Waals surface area contributed by atoms with Gasteiger partial charge in [0.25, 0.3) is 0 Å². The second-order valence-electron chi connectivity index (χ2n) is 6.29. The first-order chi connectivity index (χ1) is 12.6. The van der Waals surface area contributed by atoms with E-state index in [1.807, 2.05) is 24.1 Å². The molecular formula is C19H23ClN4O2. The maximum absolute atomic E-state index is 12.3. The largest absolute Gasteiger partial charge is 0.378 e. The molecule has 3 rings (SSSR count). The summed E-state index contributed by atoms with van der Waals surface area (Å²) in [5, 5.41) is 3.10. The van der Waals surface area contributed by atoms with Crippen LogP contribution in [0.2, 0.25) is 5.15 Å². The lowest BCUT2D eigenvalue weighted by molar-refractivity contribution is -0.117. The molecule has 1 amide bonds. The minimum absolute atomic E-state index is 0.119. The van der Waals surface area contributed by atoms with Gasteiger partial charge in [0.05, 0.1) is 25.4 Å². The van der Waals surface area contributed by atoms with E-state index in [1.54, 1.807) is 18.3 Å². The zero-order valence-corrected chi connectivity index (χ0v) is 15.6. The first-order valence-corrected chi connectivity index (χ1v) is 9.01. The summed E-state index contributed by atoms with van der Waals surface area (Å²) < 4.78 is 5.44. The molecular weight excluding hydrogens is 352 g/mol. The smallest absolute Gasteiger partial charge is 0.238 e. The van der Waals surface area contributed by atoms with Crippen LogP contribution in [0.4, 0.5) is 11.4 Å². The number of anilines is 2. The second-order valence-corrected chi connectivity index (χ2v) is 6.65. The number of ether oxygens (including phenoxy) is 1. The SMILES string of the molecule is CN(CC(=O)Nc1cccnc1Cl)Cc1ccccc1N1CCOCC1. The summed E-state index contributed by atoms with van der Waals surface area (Å²) in [6.07, 6.45) is 1.59. The number of pyridine rings is 1. The Kier molecular flexibility index (Phi) is 6.44. The normalized spacial score (nSPS) is 14.5. The summed E-state index contributed by atoms with van der Waals surface area (Å²) >= 11 is 5.99. The molecule has 2 aromatic rings. The van der Waals surface area contributed by atoms with Crippen molar-refractivity contribution in [1.29, 1.82) is 0 Å². The second kappa shape index (κ2) is 8.98. The van der Waals surface area contributed by atoms with Crippen molar-refractivity contribution >= 4 is 28.9 Å². The van der Waals surface area contributed by atoms with Gasteiger partial charge in [0.15, 0.2) is 5.15 Å². The molecule has 138 valence electrons. The standard InChI is InChI=1S/C19H23ClN4O2/c1-23(14-18(25)22-16-6-4-8-21-19(16)20)13-15-5-2-3-7-17(15)24-9-11-26-12-10-24/h2-8H,9-14H2,1H3,(H,22,25). The van der Waals surface area contributed by atoms with Crippen molar-refractivity contribution in [2.75, 3.05) is 50.1 Å². The van der Waals surface area contributed by atoms with Gasteiger partial charge in [-0.2, -0.15) is 0 Å². The van der Waals surface area contributed by atoms with Crippen molar-refractivity contribution in [2.45, 2.75) is 6.54 Å². The van der Waals surface area contributed by atoms with Gasteiger partial charge in [-0.15, -0.1) is 0 Å². The molecule has 1 aliphatic heterocycles. The molecule has 0 bridgehead atoms. The number of likely N-dealkylation sites (N-methyl/N-ethyl adjacent to an activating group) is 1. The molecule has 1 aromatic carbocycles. The Morgan fingerprint density at radius 3 is 2.81 bits per heavy atom. The van der Waals surface area contributed by atoms with E-state index in [0.29, 0.717) is 17.4 Å². The number of morpholine rings is 1. The van der Waals surface area contributed by atoms with Crippen LogP contribution < -0.4 is 10.2 Å². The molecule has 1 aromatic heterocycles. The van der Waals surface area contributed by atoms with E-state index in [4.69, 9.17) is 16.3 Å². The van der Waals surface area contributed by atoms with E-state index in [9.17, 15) is 4.79 Å². The number of aromatic nitrogens is 1. The molecule has 2 heterocycles. The third-order valence-electron chi connectivity index (χ3n) is 4.23. The maximum Gasteiger partial charge on any atom is 0.238 e. The summed E-state index contributed by atoms with van der Waals surface area (Å²) in [5.41, 5.74) is 2.93. The minimum atomic E-state index is -0.119. The molecule has 1 aliphatic rings. The number of nitrogens with zero attached hydrogens (tertiary/aromatic N) is 3. The van der Waals surface area contributed by atoms with Crippen LogP contribution >= 0.6 is 11.6 Å². The van der Waals surface area contributed by atoms with Crippen molar-refractivity contribution in [3.8, 4) is 0 Å².